The second kappa shape index (κ2) is 5.02. The minimum Gasteiger partial charge on any atom is -0.338 e. The van der Waals surface area contributed by atoms with Gasteiger partial charge in [-0.05, 0) is 24.6 Å². The number of imidazole rings is 1. The van der Waals surface area contributed by atoms with Crippen LogP contribution < -0.4 is 0 Å². The van der Waals surface area contributed by atoms with E-state index in [0.717, 1.165) is 11.9 Å². The zero-order valence-electron chi connectivity index (χ0n) is 12.6. The maximum Gasteiger partial charge on any atom is 0.196 e. The molecular formula is C19H14N2O2. The summed E-state index contributed by atoms with van der Waals surface area (Å²) in [5.41, 5.74) is 3.07. The lowest BCUT2D eigenvalue weighted by atomic mass is 9.83. The van der Waals surface area contributed by atoms with Gasteiger partial charge in [-0.2, -0.15) is 0 Å². The van der Waals surface area contributed by atoms with Gasteiger partial charge in [0.05, 0.1) is 11.1 Å². The second-order valence-electron chi connectivity index (χ2n) is 5.52. The van der Waals surface area contributed by atoms with E-state index in [1.54, 1.807) is 30.3 Å². The van der Waals surface area contributed by atoms with Crippen molar-refractivity contribution < 1.29 is 9.59 Å². The molecule has 0 spiro atoms. The third-order valence-corrected chi connectivity index (χ3v) is 4.07. The minimum atomic E-state index is -0.140. The fraction of sp³-hybridized carbons (Fsp3) is 0.105. The number of rotatable bonds is 2. The average molecular weight is 302 g/mol. The van der Waals surface area contributed by atoms with Crippen molar-refractivity contribution in [2.24, 2.45) is 0 Å². The van der Waals surface area contributed by atoms with Gasteiger partial charge in [-0.25, -0.2) is 4.98 Å². The van der Waals surface area contributed by atoms with Gasteiger partial charge in [0.2, 0.25) is 0 Å². The predicted molar refractivity (Wildman–Crippen MR) is 88.7 cm³/mol. The molecule has 2 aromatic carbocycles. The van der Waals surface area contributed by atoms with Gasteiger partial charge in [-0.1, -0.05) is 37.3 Å². The molecule has 0 saturated heterocycles. The quantitative estimate of drug-likeness (QED) is 0.613. The molecule has 23 heavy (non-hydrogen) atoms. The summed E-state index contributed by atoms with van der Waals surface area (Å²) in [6.07, 6.45) is 4.78. The van der Waals surface area contributed by atoms with Crippen LogP contribution in [0.2, 0.25) is 0 Å². The third kappa shape index (κ3) is 1.95. The second-order valence-corrected chi connectivity index (χ2v) is 5.52. The van der Waals surface area contributed by atoms with Crippen LogP contribution in [-0.2, 0) is 0 Å². The van der Waals surface area contributed by atoms with Gasteiger partial charge in [-0.3, -0.25) is 9.59 Å². The molecule has 1 heterocycles. The molecule has 4 nitrogen and oxygen atoms in total. The van der Waals surface area contributed by atoms with Crippen LogP contribution in [0.1, 0.15) is 51.0 Å². The van der Waals surface area contributed by atoms with E-state index >= 15 is 0 Å². The standard InChI is InChI=1S/C19H14N2O2/c1-2-3-8-15-20-14-10-9-13-16(17(14)21-15)19(23)12-7-5-4-6-11(12)18(13)22/h3-10H,2H2,1H3,(H,20,21). The number of hydrogen-bond donors (Lipinski definition) is 1. The number of carbonyl (C=O) groups excluding carboxylic acids is 2. The lowest BCUT2D eigenvalue weighted by Crippen LogP contribution is -2.21. The normalized spacial score (nSPS) is 13.6. The number of aromatic amines is 1. The highest BCUT2D eigenvalue weighted by atomic mass is 16.1. The highest BCUT2D eigenvalue weighted by Gasteiger charge is 2.31. The number of H-pyrrole nitrogens is 1. The number of fused-ring (bicyclic) bond motifs is 4. The number of carbonyl (C=O) groups is 2. The monoisotopic (exact) mass is 302 g/mol. The molecule has 112 valence electrons. The summed E-state index contributed by atoms with van der Waals surface area (Å²) in [4.78, 5) is 33.2. The van der Waals surface area contributed by atoms with Crippen LogP contribution in [0.25, 0.3) is 17.1 Å². The maximum absolute atomic E-state index is 12.9. The number of benzene rings is 2. The summed E-state index contributed by atoms with van der Waals surface area (Å²) < 4.78 is 0. The molecule has 0 fully saturated rings. The first-order valence-electron chi connectivity index (χ1n) is 7.58. The predicted octanol–water partition coefficient (Wildman–Crippen LogP) is 3.76. The molecule has 1 aliphatic carbocycles. The maximum atomic E-state index is 12.9. The van der Waals surface area contributed by atoms with E-state index in [1.165, 1.54) is 0 Å². The third-order valence-electron chi connectivity index (χ3n) is 4.07. The average Bonchev–Trinajstić information content (AvgIpc) is 3.00. The fourth-order valence-corrected chi connectivity index (χ4v) is 2.98. The molecule has 1 aromatic heterocycles. The highest BCUT2D eigenvalue weighted by molar-refractivity contribution is 6.31. The van der Waals surface area contributed by atoms with Crippen LogP contribution in [0.5, 0.6) is 0 Å². The van der Waals surface area contributed by atoms with Crippen LogP contribution in [0.15, 0.2) is 42.5 Å². The summed E-state index contributed by atoms with van der Waals surface area (Å²) in [6, 6.07) is 10.5. The Labute approximate surface area is 132 Å². The molecule has 1 N–H and O–H groups in total. The van der Waals surface area contributed by atoms with Gasteiger partial charge in [0.25, 0.3) is 0 Å². The Bertz CT molecular complexity index is 996. The number of allylic oxidation sites excluding steroid dienone is 1. The Balaban J connectivity index is 1.99. The van der Waals surface area contributed by atoms with E-state index in [9.17, 15) is 9.59 Å². The first kappa shape index (κ1) is 13.6. The van der Waals surface area contributed by atoms with Gasteiger partial charge in [-0.15, -0.1) is 0 Å². The molecule has 3 aromatic rings. The van der Waals surface area contributed by atoms with Crippen molar-refractivity contribution in [3.63, 3.8) is 0 Å². The number of ketones is 2. The molecule has 1 aliphatic rings. The van der Waals surface area contributed by atoms with Crippen molar-refractivity contribution in [2.45, 2.75) is 13.3 Å². The van der Waals surface area contributed by atoms with E-state index in [0.29, 0.717) is 33.6 Å². The minimum absolute atomic E-state index is 0.120. The molecule has 0 bridgehead atoms. The van der Waals surface area contributed by atoms with Gasteiger partial charge >= 0.3 is 0 Å². The zero-order chi connectivity index (χ0) is 16.0. The first-order valence-corrected chi connectivity index (χ1v) is 7.58. The Morgan fingerprint density at radius 2 is 1.74 bits per heavy atom. The van der Waals surface area contributed by atoms with Gasteiger partial charge in [0, 0.05) is 16.7 Å². The SMILES string of the molecule is CCC=Cc1nc2c3c(ccc2[nH]1)C(=O)c1ccccc1C3=O. The van der Waals surface area contributed by atoms with Crippen molar-refractivity contribution in [2.75, 3.05) is 0 Å². The molecular weight excluding hydrogens is 288 g/mol. The molecule has 0 unspecified atom stereocenters. The summed E-state index contributed by atoms with van der Waals surface area (Å²) in [6.45, 7) is 2.04. The van der Waals surface area contributed by atoms with Gasteiger partial charge < -0.3 is 4.98 Å². The lowest BCUT2D eigenvalue weighted by molar-refractivity contribution is 0.0980. The summed E-state index contributed by atoms with van der Waals surface area (Å²) in [5, 5.41) is 0. The Morgan fingerprint density at radius 1 is 1.00 bits per heavy atom. The molecule has 4 rings (SSSR count). The first-order chi connectivity index (χ1) is 11.2. The number of nitrogens with zero attached hydrogens (tertiary/aromatic N) is 1. The van der Waals surface area contributed by atoms with Crippen molar-refractivity contribution >= 4 is 28.7 Å². The van der Waals surface area contributed by atoms with E-state index in [-0.39, 0.29) is 11.6 Å². The molecule has 0 radical (unpaired) electrons. The van der Waals surface area contributed by atoms with Crippen LogP contribution in [0, 0.1) is 0 Å². The Hall–Kier alpha value is -3.01. The molecule has 0 amide bonds. The van der Waals surface area contributed by atoms with Crippen LogP contribution in [0.4, 0.5) is 0 Å². The zero-order valence-corrected chi connectivity index (χ0v) is 12.6. The summed E-state index contributed by atoms with van der Waals surface area (Å²) >= 11 is 0. The Morgan fingerprint density at radius 3 is 2.48 bits per heavy atom. The lowest BCUT2D eigenvalue weighted by Gasteiger charge is -2.17. The van der Waals surface area contributed by atoms with E-state index < -0.39 is 0 Å². The van der Waals surface area contributed by atoms with Crippen molar-refractivity contribution in [1.29, 1.82) is 0 Å². The van der Waals surface area contributed by atoms with Crippen LogP contribution in [0.3, 0.4) is 0 Å². The molecule has 0 aliphatic heterocycles. The van der Waals surface area contributed by atoms with Crippen LogP contribution >= 0.6 is 0 Å². The summed E-state index contributed by atoms with van der Waals surface area (Å²) in [7, 11) is 0. The van der Waals surface area contributed by atoms with Gasteiger partial charge in [0.1, 0.15) is 11.3 Å². The Kier molecular flexibility index (Phi) is 2.98. The molecule has 0 saturated carbocycles. The van der Waals surface area contributed by atoms with E-state index in [1.807, 2.05) is 25.1 Å². The fourth-order valence-electron chi connectivity index (χ4n) is 2.98. The summed E-state index contributed by atoms with van der Waals surface area (Å²) in [5.74, 6) is 0.429. The topological polar surface area (TPSA) is 62.8 Å². The smallest absolute Gasteiger partial charge is 0.196 e. The van der Waals surface area contributed by atoms with Crippen molar-refractivity contribution in [3.05, 3.63) is 70.6 Å². The highest BCUT2D eigenvalue weighted by Crippen LogP contribution is 2.31. The van der Waals surface area contributed by atoms with Crippen LogP contribution in [-0.4, -0.2) is 21.5 Å². The largest absolute Gasteiger partial charge is 0.338 e. The van der Waals surface area contributed by atoms with E-state index in [2.05, 4.69) is 9.97 Å². The van der Waals surface area contributed by atoms with E-state index in [4.69, 9.17) is 0 Å². The van der Waals surface area contributed by atoms with Crippen molar-refractivity contribution in [1.82, 2.24) is 9.97 Å². The molecule has 4 heteroatoms. The number of nitrogens with one attached hydrogen (secondary N) is 1. The number of hydrogen-bond acceptors (Lipinski definition) is 3. The molecule has 0 atom stereocenters. The number of aromatic nitrogens is 2. The van der Waals surface area contributed by atoms with Crippen molar-refractivity contribution in [3.8, 4) is 0 Å². The van der Waals surface area contributed by atoms with Gasteiger partial charge in [0.15, 0.2) is 11.6 Å².